The van der Waals surface area contributed by atoms with Crippen LogP contribution < -0.4 is 0 Å². The molecule has 2 aliphatic rings. The summed E-state index contributed by atoms with van der Waals surface area (Å²) < 4.78 is 5.00. The van der Waals surface area contributed by atoms with Gasteiger partial charge in [0, 0.05) is 0 Å². The topological polar surface area (TPSA) is 87.1 Å². The molecule has 1 aliphatic heterocycles. The zero-order valence-corrected chi connectivity index (χ0v) is 6.58. The fraction of sp³-hybridized carbons (Fsp3) is 0.500. The minimum atomic E-state index is -1.11. The monoisotopic (exact) mass is 184 g/mol. The lowest BCUT2D eigenvalue weighted by molar-refractivity contribution is -0.152. The van der Waals surface area contributed by atoms with E-state index in [0.29, 0.717) is 0 Å². The molecule has 13 heavy (non-hydrogen) atoms. The van der Waals surface area contributed by atoms with Crippen LogP contribution >= 0.6 is 0 Å². The summed E-state index contributed by atoms with van der Waals surface area (Å²) in [5.74, 6) is -4.12. The Labute approximate surface area is 73.6 Å². The molecule has 0 saturated carbocycles. The molecule has 70 valence electrons. The lowest BCUT2D eigenvalue weighted by Crippen LogP contribution is -2.35. The molecule has 2 N–H and O–H groups in total. The molecule has 1 aliphatic carbocycles. The predicted molar refractivity (Wildman–Crippen MR) is 40.1 cm³/mol. The van der Waals surface area contributed by atoms with Crippen molar-refractivity contribution < 1.29 is 24.5 Å². The van der Waals surface area contributed by atoms with E-state index >= 15 is 0 Å². The van der Waals surface area contributed by atoms with Crippen LogP contribution in [0.3, 0.4) is 0 Å². The number of epoxide rings is 1. The van der Waals surface area contributed by atoms with E-state index in [4.69, 9.17) is 14.9 Å². The SMILES string of the molecule is O=C(O)C1C=CC2OC2C1C(=O)O. The van der Waals surface area contributed by atoms with E-state index < -0.39 is 29.9 Å². The van der Waals surface area contributed by atoms with E-state index in [0.717, 1.165) is 0 Å². The summed E-state index contributed by atoms with van der Waals surface area (Å²) in [6.45, 7) is 0. The van der Waals surface area contributed by atoms with Gasteiger partial charge in [-0.05, 0) is 0 Å². The predicted octanol–water partition coefficient (Wildman–Crippen LogP) is -0.275. The van der Waals surface area contributed by atoms with Crippen LogP contribution in [-0.4, -0.2) is 34.4 Å². The highest BCUT2D eigenvalue weighted by Gasteiger charge is 2.54. The highest BCUT2D eigenvalue weighted by molar-refractivity contribution is 5.83. The van der Waals surface area contributed by atoms with Gasteiger partial charge < -0.3 is 14.9 Å². The molecule has 0 radical (unpaired) electrons. The van der Waals surface area contributed by atoms with E-state index in [2.05, 4.69) is 0 Å². The summed E-state index contributed by atoms with van der Waals surface area (Å²) in [5, 5.41) is 17.5. The van der Waals surface area contributed by atoms with E-state index in [1.165, 1.54) is 6.08 Å². The van der Waals surface area contributed by atoms with Gasteiger partial charge in [0.2, 0.25) is 0 Å². The third-order valence-electron chi connectivity index (χ3n) is 2.38. The standard InChI is InChI=1S/C8H8O5/c9-7(10)3-1-2-4-6(13-4)5(3)8(11)12/h1-6H,(H,9,10)(H,11,12). The number of aliphatic carboxylic acids is 2. The molecule has 1 heterocycles. The average molecular weight is 184 g/mol. The molecule has 2 rings (SSSR count). The molecule has 1 fully saturated rings. The third-order valence-corrected chi connectivity index (χ3v) is 2.38. The Kier molecular flexibility index (Phi) is 1.63. The molecule has 1 saturated heterocycles. The minimum Gasteiger partial charge on any atom is -0.481 e. The fourth-order valence-corrected chi connectivity index (χ4v) is 1.66. The van der Waals surface area contributed by atoms with Crippen molar-refractivity contribution in [1.82, 2.24) is 0 Å². The molecule has 0 bridgehead atoms. The third kappa shape index (κ3) is 1.21. The highest BCUT2D eigenvalue weighted by atomic mass is 16.6. The van der Waals surface area contributed by atoms with Gasteiger partial charge in [-0.2, -0.15) is 0 Å². The van der Waals surface area contributed by atoms with Crippen molar-refractivity contribution in [3.05, 3.63) is 12.2 Å². The zero-order chi connectivity index (χ0) is 9.59. The normalized spacial score (nSPS) is 40.9. The van der Waals surface area contributed by atoms with Crippen LogP contribution in [0.4, 0.5) is 0 Å². The van der Waals surface area contributed by atoms with Gasteiger partial charge in [-0.1, -0.05) is 12.2 Å². The number of ether oxygens (including phenoxy) is 1. The van der Waals surface area contributed by atoms with Crippen molar-refractivity contribution in [3.8, 4) is 0 Å². The van der Waals surface area contributed by atoms with Gasteiger partial charge in [-0.3, -0.25) is 9.59 Å². The number of hydrogen-bond acceptors (Lipinski definition) is 3. The fourth-order valence-electron chi connectivity index (χ4n) is 1.66. The van der Waals surface area contributed by atoms with Gasteiger partial charge in [0.1, 0.15) is 18.1 Å². The van der Waals surface area contributed by atoms with E-state index in [1.807, 2.05) is 0 Å². The van der Waals surface area contributed by atoms with Gasteiger partial charge in [0.25, 0.3) is 0 Å². The van der Waals surface area contributed by atoms with E-state index in [-0.39, 0.29) is 6.10 Å². The summed E-state index contributed by atoms with van der Waals surface area (Å²) in [4.78, 5) is 21.4. The van der Waals surface area contributed by atoms with Crippen LogP contribution in [0.1, 0.15) is 0 Å². The highest BCUT2D eigenvalue weighted by Crippen LogP contribution is 2.39. The molecule has 5 nitrogen and oxygen atoms in total. The van der Waals surface area contributed by atoms with Gasteiger partial charge in [-0.25, -0.2) is 0 Å². The van der Waals surface area contributed by atoms with Crippen LogP contribution in [0.25, 0.3) is 0 Å². The number of rotatable bonds is 2. The van der Waals surface area contributed by atoms with Crippen LogP contribution in [-0.2, 0) is 14.3 Å². The molecule has 0 amide bonds. The van der Waals surface area contributed by atoms with E-state index in [9.17, 15) is 9.59 Å². The Bertz CT molecular complexity index is 295. The number of fused-ring (bicyclic) bond motifs is 1. The molecule has 4 atom stereocenters. The average Bonchev–Trinajstić information content (AvgIpc) is 2.79. The number of carboxylic acid groups (broad SMARTS) is 2. The Hall–Kier alpha value is -1.36. The second kappa shape index (κ2) is 2.56. The van der Waals surface area contributed by atoms with Gasteiger partial charge in [-0.15, -0.1) is 0 Å². The lowest BCUT2D eigenvalue weighted by atomic mass is 9.84. The molecule has 0 aromatic rings. The van der Waals surface area contributed by atoms with Crippen molar-refractivity contribution in [1.29, 1.82) is 0 Å². The lowest BCUT2D eigenvalue weighted by Gasteiger charge is -2.17. The van der Waals surface area contributed by atoms with Crippen LogP contribution in [0.15, 0.2) is 12.2 Å². The maximum Gasteiger partial charge on any atom is 0.311 e. The van der Waals surface area contributed by atoms with Gasteiger partial charge in [0.15, 0.2) is 0 Å². The first-order valence-corrected chi connectivity index (χ1v) is 3.90. The Morgan fingerprint density at radius 1 is 1.15 bits per heavy atom. The van der Waals surface area contributed by atoms with E-state index in [1.54, 1.807) is 6.08 Å². The molecule has 0 aromatic heterocycles. The van der Waals surface area contributed by atoms with Crippen molar-refractivity contribution in [3.63, 3.8) is 0 Å². The smallest absolute Gasteiger partial charge is 0.311 e. The Morgan fingerprint density at radius 2 is 1.85 bits per heavy atom. The van der Waals surface area contributed by atoms with Gasteiger partial charge >= 0.3 is 11.9 Å². The second-order valence-electron chi connectivity index (χ2n) is 3.18. The molecule has 5 heteroatoms. The van der Waals surface area contributed by atoms with Crippen molar-refractivity contribution in [2.75, 3.05) is 0 Å². The molecule has 4 unspecified atom stereocenters. The summed E-state index contributed by atoms with van der Waals surface area (Å²) in [7, 11) is 0. The minimum absolute atomic E-state index is 0.184. The van der Waals surface area contributed by atoms with Crippen LogP contribution in [0.5, 0.6) is 0 Å². The summed E-state index contributed by atoms with van der Waals surface area (Å²) >= 11 is 0. The number of hydrogen-bond donors (Lipinski definition) is 2. The molecule has 0 spiro atoms. The summed E-state index contributed by atoms with van der Waals surface area (Å²) in [5.41, 5.74) is 0. The van der Waals surface area contributed by atoms with Crippen LogP contribution in [0, 0.1) is 11.8 Å². The summed E-state index contributed by atoms with van der Waals surface area (Å²) in [6, 6.07) is 0. The maximum absolute atomic E-state index is 10.7. The van der Waals surface area contributed by atoms with Crippen molar-refractivity contribution in [2.24, 2.45) is 11.8 Å². The van der Waals surface area contributed by atoms with Crippen LogP contribution in [0.2, 0.25) is 0 Å². The number of carboxylic acids is 2. The maximum atomic E-state index is 10.7. The Balaban J connectivity index is 2.25. The molecular weight excluding hydrogens is 176 g/mol. The first-order valence-electron chi connectivity index (χ1n) is 3.90. The molecule has 0 aromatic carbocycles. The zero-order valence-electron chi connectivity index (χ0n) is 6.58. The molecular formula is C8H8O5. The Morgan fingerprint density at radius 3 is 2.38 bits per heavy atom. The summed E-state index contributed by atoms with van der Waals surface area (Å²) in [6.07, 6.45) is 2.39. The largest absolute Gasteiger partial charge is 0.481 e. The quantitative estimate of drug-likeness (QED) is 0.455. The first-order chi connectivity index (χ1) is 6.11. The number of carbonyl (C=O) groups is 2. The second-order valence-corrected chi connectivity index (χ2v) is 3.18. The van der Waals surface area contributed by atoms with Crippen molar-refractivity contribution >= 4 is 11.9 Å². The van der Waals surface area contributed by atoms with Crippen molar-refractivity contribution in [2.45, 2.75) is 12.2 Å². The first kappa shape index (κ1) is 8.25. The van der Waals surface area contributed by atoms with Gasteiger partial charge in [0.05, 0.1) is 5.92 Å².